The molecule has 0 aliphatic rings. The molecule has 0 amide bonds. The molecule has 4 N–H and O–H groups in total. The minimum atomic E-state index is 0.783. The van der Waals surface area contributed by atoms with Crippen LogP contribution in [-0.4, -0.2) is 0 Å². The molecular formula is C22H34N2. The molecule has 0 radical (unpaired) electrons. The van der Waals surface area contributed by atoms with Crippen molar-refractivity contribution in [3.8, 4) is 0 Å². The Morgan fingerprint density at radius 3 is 1.96 bits per heavy atom. The van der Waals surface area contributed by atoms with Crippen LogP contribution in [0.15, 0.2) is 30.3 Å². The average Bonchev–Trinajstić information content (AvgIpc) is 2.59. The summed E-state index contributed by atoms with van der Waals surface area (Å²) in [7, 11) is 0. The van der Waals surface area contributed by atoms with Crippen LogP contribution in [0.1, 0.15) is 76.7 Å². The van der Waals surface area contributed by atoms with Gasteiger partial charge in [-0.05, 0) is 35.9 Å². The molecule has 0 fully saturated rings. The van der Waals surface area contributed by atoms with Gasteiger partial charge in [-0.3, -0.25) is 0 Å². The van der Waals surface area contributed by atoms with Crippen LogP contribution in [0.3, 0.4) is 0 Å². The highest BCUT2D eigenvalue weighted by atomic mass is 14.6. The predicted octanol–water partition coefficient (Wildman–Crippen LogP) is 6.47. The molecule has 0 saturated heterocycles. The minimum absolute atomic E-state index is 0.783. The number of fused-ring (bicyclic) bond motifs is 1. The van der Waals surface area contributed by atoms with Crippen molar-refractivity contribution in [2.75, 3.05) is 11.5 Å². The third-order valence-corrected chi connectivity index (χ3v) is 4.98. The first-order valence-electron chi connectivity index (χ1n) is 9.79. The Morgan fingerprint density at radius 2 is 1.29 bits per heavy atom. The van der Waals surface area contributed by atoms with Gasteiger partial charge in [0.15, 0.2) is 0 Å². The number of nitrogens with two attached hydrogens (primary N) is 2. The zero-order valence-corrected chi connectivity index (χ0v) is 15.3. The fourth-order valence-corrected chi connectivity index (χ4v) is 3.43. The summed E-state index contributed by atoms with van der Waals surface area (Å²) in [5.41, 5.74) is 15.2. The molecular weight excluding hydrogens is 292 g/mol. The summed E-state index contributed by atoms with van der Waals surface area (Å²) in [6, 6.07) is 10.3. The van der Waals surface area contributed by atoms with Gasteiger partial charge < -0.3 is 11.5 Å². The van der Waals surface area contributed by atoms with Gasteiger partial charge in [-0.15, -0.1) is 0 Å². The Labute approximate surface area is 147 Å². The largest absolute Gasteiger partial charge is 0.399 e. The van der Waals surface area contributed by atoms with Crippen molar-refractivity contribution in [2.45, 2.75) is 77.6 Å². The van der Waals surface area contributed by atoms with Gasteiger partial charge in [-0.2, -0.15) is 0 Å². The summed E-state index contributed by atoms with van der Waals surface area (Å²) in [4.78, 5) is 0. The molecule has 132 valence electrons. The lowest BCUT2D eigenvalue weighted by Crippen LogP contribution is -1.97. The lowest BCUT2D eigenvalue weighted by molar-refractivity contribution is 0.556. The summed E-state index contributed by atoms with van der Waals surface area (Å²) in [5.74, 6) is 0. The van der Waals surface area contributed by atoms with E-state index in [0.29, 0.717) is 0 Å². The Balaban J connectivity index is 1.68. The van der Waals surface area contributed by atoms with Crippen LogP contribution >= 0.6 is 0 Å². The zero-order chi connectivity index (χ0) is 17.2. The molecule has 0 atom stereocenters. The number of unbranched alkanes of at least 4 members (excludes halogenated alkanes) is 9. The summed E-state index contributed by atoms with van der Waals surface area (Å²) in [6.45, 7) is 2.28. The topological polar surface area (TPSA) is 52.0 Å². The fourth-order valence-electron chi connectivity index (χ4n) is 3.43. The Bertz CT molecular complexity index is 619. The number of rotatable bonds is 11. The molecule has 0 heterocycles. The van der Waals surface area contributed by atoms with Gasteiger partial charge in [-0.1, -0.05) is 82.9 Å². The van der Waals surface area contributed by atoms with Crippen LogP contribution in [0.4, 0.5) is 11.4 Å². The zero-order valence-electron chi connectivity index (χ0n) is 15.3. The normalized spacial score (nSPS) is 11.2. The number of aryl methyl sites for hydroxylation is 1. The van der Waals surface area contributed by atoms with E-state index in [9.17, 15) is 0 Å². The molecule has 2 aromatic rings. The van der Waals surface area contributed by atoms with Crippen LogP contribution in [0, 0.1) is 0 Å². The molecule has 0 bridgehead atoms. The van der Waals surface area contributed by atoms with Crippen molar-refractivity contribution in [3.05, 3.63) is 35.9 Å². The first kappa shape index (κ1) is 18.6. The van der Waals surface area contributed by atoms with Crippen LogP contribution < -0.4 is 11.5 Å². The second-order valence-electron chi connectivity index (χ2n) is 7.05. The average molecular weight is 327 g/mol. The van der Waals surface area contributed by atoms with Crippen molar-refractivity contribution in [2.24, 2.45) is 0 Å². The summed E-state index contributed by atoms with van der Waals surface area (Å²) < 4.78 is 0. The second kappa shape index (κ2) is 10.2. The smallest absolute Gasteiger partial charge is 0.0427 e. The van der Waals surface area contributed by atoms with Crippen LogP contribution in [0.5, 0.6) is 0 Å². The lowest BCUT2D eigenvalue weighted by atomic mass is 9.99. The molecule has 0 aliphatic carbocycles. The van der Waals surface area contributed by atoms with Gasteiger partial charge in [0.1, 0.15) is 0 Å². The van der Waals surface area contributed by atoms with Crippen molar-refractivity contribution >= 4 is 22.1 Å². The maximum Gasteiger partial charge on any atom is 0.0427 e. The SMILES string of the molecule is CCCCCCCCCCCCc1ccc2ccc(N)cc2c1N. The summed E-state index contributed by atoms with van der Waals surface area (Å²) >= 11 is 0. The van der Waals surface area contributed by atoms with E-state index in [1.54, 1.807) is 0 Å². The monoisotopic (exact) mass is 326 g/mol. The summed E-state index contributed by atoms with van der Waals surface area (Å²) in [6.07, 6.45) is 14.8. The summed E-state index contributed by atoms with van der Waals surface area (Å²) in [5, 5.41) is 2.27. The second-order valence-corrected chi connectivity index (χ2v) is 7.05. The molecule has 0 unspecified atom stereocenters. The molecule has 24 heavy (non-hydrogen) atoms. The van der Waals surface area contributed by atoms with E-state index in [1.807, 2.05) is 18.2 Å². The number of anilines is 2. The number of hydrogen-bond acceptors (Lipinski definition) is 2. The van der Waals surface area contributed by atoms with Crippen LogP contribution in [0.2, 0.25) is 0 Å². The fraction of sp³-hybridized carbons (Fsp3) is 0.545. The first-order valence-corrected chi connectivity index (χ1v) is 9.79. The Morgan fingerprint density at radius 1 is 0.708 bits per heavy atom. The predicted molar refractivity (Wildman–Crippen MR) is 108 cm³/mol. The molecule has 0 aromatic heterocycles. The third-order valence-electron chi connectivity index (χ3n) is 4.98. The van der Waals surface area contributed by atoms with Crippen molar-refractivity contribution in [3.63, 3.8) is 0 Å². The number of benzene rings is 2. The molecule has 2 nitrogen and oxygen atoms in total. The van der Waals surface area contributed by atoms with Gasteiger partial charge in [0.25, 0.3) is 0 Å². The molecule has 2 aromatic carbocycles. The first-order chi connectivity index (χ1) is 11.7. The van der Waals surface area contributed by atoms with Gasteiger partial charge in [0, 0.05) is 16.8 Å². The standard InChI is InChI=1S/C22H34N2/c1-2-3-4-5-6-7-8-9-10-11-12-19-14-13-18-15-16-20(23)17-21(18)22(19)24/h13-17H,2-12,23-24H2,1H3. The van der Waals surface area contributed by atoms with Crippen LogP contribution in [0.25, 0.3) is 10.8 Å². The molecule has 2 rings (SSSR count). The number of nitrogen functional groups attached to an aromatic ring is 2. The highest BCUT2D eigenvalue weighted by Crippen LogP contribution is 2.28. The lowest BCUT2D eigenvalue weighted by Gasteiger charge is -2.10. The van der Waals surface area contributed by atoms with Gasteiger partial charge in [0.2, 0.25) is 0 Å². The molecule has 0 aliphatic heterocycles. The van der Waals surface area contributed by atoms with E-state index in [0.717, 1.165) is 23.2 Å². The van der Waals surface area contributed by atoms with E-state index < -0.39 is 0 Å². The van der Waals surface area contributed by atoms with Crippen molar-refractivity contribution in [1.29, 1.82) is 0 Å². The maximum absolute atomic E-state index is 6.35. The Kier molecular flexibility index (Phi) is 7.94. The van der Waals surface area contributed by atoms with E-state index in [1.165, 1.54) is 75.2 Å². The highest BCUT2D eigenvalue weighted by molar-refractivity contribution is 5.96. The van der Waals surface area contributed by atoms with E-state index in [2.05, 4.69) is 19.1 Å². The third kappa shape index (κ3) is 5.74. The quantitative estimate of drug-likeness (QED) is 0.367. The molecule has 0 spiro atoms. The molecule has 0 saturated carbocycles. The van der Waals surface area contributed by atoms with E-state index >= 15 is 0 Å². The highest BCUT2D eigenvalue weighted by Gasteiger charge is 2.05. The number of hydrogen-bond donors (Lipinski definition) is 2. The van der Waals surface area contributed by atoms with Gasteiger partial charge >= 0.3 is 0 Å². The van der Waals surface area contributed by atoms with Gasteiger partial charge in [-0.25, -0.2) is 0 Å². The van der Waals surface area contributed by atoms with E-state index in [-0.39, 0.29) is 0 Å². The van der Waals surface area contributed by atoms with E-state index in [4.69, 9.17) is 11.5 Å². The van der Waals surface area contributed by atoms with Gasteiger partial charge in [0.05, 0.1) is 0 Å². The minimum Gasteiger partial charge on any atom is -0.399 e. The van der Waals surface area contributed by atoms with Crippen LogP contribution in [-0.2, 0) is 6.42 Å². The maximum atomic E-state index is 6.35. The van der Waals surface area contributed by atoms with Crippen molar-refractivity contribution in [1.82, 2.24) is 0 Å². The van der Waals surface area contributed by atoms with Crippen molar-refractivity contribution < 1.29 is 0 Å². The Hall–Kier alpha value is -1.70. The molecule has 2 heteroatoms.